The minimum atomic E-state index is -0.291. The first-order valence-electron chi connectivity index (χ1n) is 7.61. The second kappa shape index (κ2) is 7.04. The van der Waals surface area contributed by atoms with E-state index in [-0.39, 0.29) is 18.0 Å². The highest BCUT2D eigenvalue weighted by atomic mass is 35.5. The lowest BCUT2D eigenvalue weighted by Crippen LogP contribution is -2.36. The standard InChI is InChI=1S/C17H23ClN4O/c1-10(2)14(16-19-6-7-22(16)5)20-17(23)21-15-12(4)8-11(3)9-13(15)18/h6-10,14H,1-5H3,(H2,20,21,23)/t14-/m1/s1. The van der Waals surface area contributed by atoms with E-state index < -0.39 is 0 Å². The highest BCUT2D eigenvalue weighted by Crippen LogP contribution is 2.27. The fourth-order valence-corrected chi connectivity index (χ4v) is 2.94. The molecule has 1 atom stereocenters. The van der Waals surface area contributed by atoms with E-state index in [1.165, 1.54) is 0 Å². The third-order valence-corrected chi connectivity index (χ3v) is 4.06. The van der Waals surface area contributed by atoms with Gasteiger partial charge in [0.05, 0.1) is 16.8 Å². The van der Waals surface area contributed by atoms with Gasteiger partial charge in [-0.1, -0.05) is 31.5 Å². The molecule has 0 aliphatic rings. The van der Waals surface area contributed by atoms with Crippen LogP contribution in [0, 0.1) is 19.8 Å². The van der Waals surface area contributed by atoms with Gasteiger partial charge in [-0.2, -0.15) is 0 Å². The van der Waals surface area contributed by atoms with E-state index in [1.807, 2.05) is 57.6 Å². The molecule has 124 valence electrons. The van der Waals surface area contributed by atoms with Crippen molar-refractivity contribution in [1.82, 2.24) is 14.9 Å². The molecular formula is C17H23ClN4O. The summed E-state index contributed by atoms with van der Waals surface area (Å²) in [5, 5.41) is 6.38. The van der Waals surface area contributed by atoms with Gasteiger partial charge in [0.15, 0.2) is 0 Å². The van der Waals surface area contributed by atoms with E-state index in [0.29, 0.717) is 10.7 Å². The molecule has 0 aliphatic heterocycles. The van der Waals surface area contributed by atoms with Crippen LogP contribution in [0.5, 0.6) is 0 Å². The van der Waals surface area contributed by atoms with Crippen molar-refractivity contribution in [2.24, 2.45) is 13.0 Å². The quantitative estimate of drug-likeness (QED) is 0.880. The van der Waals surface area contributed by atoms with Crippen molar-refractivity contribution in [3.63, 3.8) is 0 Å². The molecule has 1 heterocycles. The Hall–Kier alpha value is -2.01. The van der Waals surface area contributed by atoms with Gasteiger partial charge in [-0.25, -0.2) is 9.78 Å². The van der Waals surface area contributed by atoms with Crippen molar-refractivity contribution in [3.8, 4) is 0 Å². The summed E-state index contributed by atoms with van der Waals surface area (Å²) in [6.07, 6.45) is 3.59. The number of amides is 2. The van der Waals surface area contributed by atoms with Crippen LogP contribution in [0.15, 0.2) is 24.5 Å². The predicted octanol–water partition coefficient (Wildman–Crippen LogP) is 4.21. The van der Waals surface area contributed by atoms with E-state index in [1.54, 1.807) is 6.20 Å². The number of benzene rings is 1. The molecular weight excluding hydrogens is 312 g/mol. The molecule has 6 heteroatoms. The van der Waals surface area contributed by atoms with Crippen LogP contribution in [0.4, 0.5) is 10.5 Å². The van der Waals surface area contributed by atoms with Gasteiger partial charge >= 0.3 is 6.03 Å². The number of imidazole rings is 1. The van der Waals surface area contributed by atoms with Gasteiger partial charge in [0.25, 0.3) is 0 Å². The average Bonchev–Trinajstić information content (AvgIpc) is 2.86. The molecule has 1 aromatic carbocycles. The van der Waals surface area contributed by atoms with Gasteiger partial charge in [0.2, 0.25) is 0 Å². The van der Waals surface area contributed by atoms with Crippen LogP contribution >= 0.6 is 11.6 Å². The first-order chi connectivity index (χ1) is 10.8. The number of nitrogens with one attached hydrogen (secondary N) is 2. The van der Waals surface area contributed by atoms with Crippen LogP contribution < -0.4 is 10.6 Å². The van der Waals surface area contributed by atoms with Crippen molar-refractivity contribution in [2.75, 3.05) is 5.32 Å². The molecule has 0 fully saturated rings. The van der Waals surface area contributed by atoms with Gasteiger partial charge in [-0.15, -0.1) is 0 Å². The molecule has 2 aromatic rings. The normalized spacial score (nSPS) is 12.3. The average molecular weight is 335 g/mol. The highest BCUT2D eigenvalue weighted by Gasteiger charge is 2.22. The molecule has 23 heavy (non-hydrogen) atoms. The van der Waals surface area contributed by atoms with E-state index in [4.69, 9.17) is 11.6 Å². The fraction of sp³-hybridized carbons (Fsp3) is 0.412. The number of urea groups is 1. The number of carbonyl (C=O) groups is 1. The zero-order valence-electron chi connectivity index (χ0n) is 14.1. The molecule has 1 aromatic heterocycles. The van der Waals surface area contributed by atoms with E-state index in [9.17, 15) is 4.79 Å². The largest absolute Gasteiger partial charge is 0.336 e. The molecule has 0 aliphatic carbocycles. The Labute approximate surface area is 142 Å². The Morgan fingerprint density at radius 2 is 2.00 bits per heavy atom. The number of aryl methyl sites for hydroxylation is 3. The molecule has 2 N–H and O–H groups in total. The van der Waals surface area contributed by atoms with Crippen molar-refractivity contribution in [2.45, 2.75) is 33.7 Å². The Bertz CT molecular complexity index is 685. The number of aromatic nitrogens is 2. The van der Waals surface area contributed by atoms with Crippen LogP contribution in [0.2, 0.25) is 5.02 Å². The number of anilines is 1. The number of rotatable bonds is 4. The van der Waals surface area contributed by atoms with Crippen molar-refractivity contribution >= 4 is 23.3 Å². The maximum absolute atomic E-state index is 12.4. The van der Waals surface area contributed by atoms with Crippen LogP contribution in [-0.4, -0.2) is 15.6 Å². The Morgan fingerprint density at radius 3 is 2.52 bits per heavy atom. The number of nitrogens with zero attached hydrogens (tertiary/aromatic N) is 2. The second-order valence-corrected chi connectivity index (χ2v) is 6.56. The first-order valence-corrected chi connectivity index (χ1v) is 7.99. The molecule has 0 saturated heterocycles. The van der Waals surface area contributed by atoms with Crippen LogP contribution in [0.25, 0.3) is 0 Å². The van der Waals surface area contributed by atoms with Gasteiger partial charge in [0.1, 0.15) is 5.82 Å². The van der Waals surface area contributed by atoms with Crippen molar-refractivity contribution in [3.05, 3.63) is 46.5 Å². The number of hydrogen-bond acceptors (Lipinski definition) is 2. The summed E-state index contributed by atoms with van der Waals surface area (Å²) in [6, 6.07) is 3.35. The molecule has 0 radical (unpaired) electrons. The Morgan fingerprint density at radius 1 is 1.30 bits per heavy atom. The number of hydrogen-bond donors (Lipinski definition) is 2. The zero-order chi connectivity index (χ0) is 17.1. The van der Waals surface area contributed by atoms with E-state index in [0.717, 1.165) is 17.0 Å². The zero-order valence-corrected chi connectivity index (χ0v) is 14.9. The second-order valence-electron chi connectivity index (χ2n) is 6.16. The van der Waals surface area contributed by atoms with Gasteiger partial charge in [-0.05, 0) is 37.0 Å². The maximum atomic E-state index is 12.4. The molecule has 2 rings (SSSR count). The first kappa shape index (κ1) is 17.3. The van der Waals surface area contributed by atoms with Gasteiger partial charge in [-0.3, -0.25) is 0 Å². The van der Waals surface area contributed by atoms with Crippen LogP contribution in [0.3, 0.4) is 0 Å². The lowest BCUT2D eigenvalue weighted by atomic mass is 10.0. The third-order valence-electron chi connectivity index (χ3n) is 3.76. The van der Waals surface area contributed by atoms with E-state index >= 15 is 0 Å². The van der Waals surface area contributed by atoms with Crippen molar-refractivity contribution < 1.29 is 4.79 Å². The maximum Gasteiger partial charge on any atom is 0.319 e. The minimum absolute atomic E-state index is 0.181. The molecule has 0 unspecified atom stereocenters. The lowest BCUT2D eigenvalue weighted by Gasteiger charge is -2.23. The highest BCUT2D eigenvalue weighted by molar-refractivity contribution is 6.34. The van der Waals surface area contributed by atoms with E-state index in [2.05, 4.69) is 15.6 Å². The summed E-state index contributed by atoms with van der Waals surface area (Å²) >= 11 is 6.24. The summed E-state index contributed by atoms with van der Waals surface area (Å²) in [4.78, 5) is 16.7. The van der Waals surface area contributed by atoms with Crippen LogP contribution in [-0.2, 0) is 7.05 Å². The number of halogens is 1. The summed E-state index contributed by atoms with van der Waals surface area (Å²) in [5.74, 6) is 1.03. The Balaban J connectivity index is 2.16. The van der Waals surface area contributed by atoms with Gasteiger partial charge in [0, 0.05) is 19.4 Å². The monoisotopic (exact) mass is 334 g/mol. The lowest BCUT2D eigenvalue weighted by molar-refractivity contribution is 0.243. The SMILES string of the molecule is Cc1cc(C)c(NC(=O)N[C@@H](c2nccn2C)C(C)C)c(Cl)c1. The third kappa shape index (κ3) is 4.05. The summed E-state index contributed by atoms with van der Waals surface area (Å²) in [7, 11) is 1.91. The molecule has 2 amide bonds. The molecule has 5 nitrogen and oxygen atoms in total. The minimum Gasteiger partial charge on any atom is -0.336 e. The molecule has 0 bridgehead atoms. The Kier molecular flexibility index (Phi) is 5.31. The van der Waals surface area contributed by atoms with Gasteiger partial charge < -0.3 is 15.2 Å². The smallest absolute Gasteiger partial charge is 0.319 e. The summed E-state index contributed by atoms with van der Waals surface area (Å²) in [6.45, 7) is 7.99. The molecule has 0 saturated carbocycles. The fourth-order valence-electron chi connectivity index (χ4n) is 2.57. The molecule has 0 spiro atoms. The topological polar surface area (TPSA) is 59.0 Å². The summed E-state index contributed by atoms with van der Waals surface area (Å²) < 4.78 is 1.91. The van der Waals surface area contributed by atoms with Crippen molar-refractivity contribution in [1.29, 1.82) is 0 Å². The summed E-state index contributed by atoms with van der Waals surface area (Å²) in [5.41, 5.74) is 2.63. The predicted molar refractivity (Wildman–Crippen MR) is 93.9 cm³/mol. The number of carbonyl (C=O) groups excluding carboxylic acids is 1. The van der Waals surface area contributed by atoms with Crippen LogP contribution in [0.1, 0.15) is 36.8 Å².